The molecule has 0 atom stereocenters. The molecule has 2 aromatic rings. The van der Waals surface area contributed by atoms with Crippen molar-refractivity contribution in [2.75, 3.05) is 0 Å². The third kappa shape index (κ3) is 2.58. The second-order valence-corrected chi connectivity index (χ2v) is 5.82. The minimum Gasteiger partial charge on any atom is -0.255 e. The summed E-state index contributed by atoms with van der Waals surface area (Å²) in [5.74, 6) is 1.99. The Bertz CT molecular complexity index is 548. The van der Waals surface area contributed by atoms with Gasteiger partial charge < -0.3 is 0 Å². The Hall–Kier alpha value is -1.29. The van der Waals surface area contributed by atoms with Gasteiger partial charge in [-0.3, -0.25) is 4.68 Å². The fraction of sp³-hybridized carbons (Fsp3) is 0.429. The van der Waals surface area contributed by atoms with Gasteiger partial charge >= 0.3 is 0 Å². The predicted octanol–water partition coefficient (Wildman–Crippen LogP) is 2.74. The number of rotatable bonds is 4. The van der Waals surface area contributed by atoms with E-state index in [0.29, 0.717) is 0 Å². The van der Waals surface area contributed by atoms with E-state index in [1.54, 1.807) is 15.8 Å². The maximum atomic E-state index is 4.10. The summed E-state index contributed by atoms with van der Waals surface area (Å²) < 4.78 is 1.76. The van der Waals surface area contributed by atoms with Crippen molar-refractivity contribution in [2.45, 2.75) is 30.8 Å². The normalized spacial score (nSPS) is 13.8. The fourth-order valence-corrected chi connectivity index (χ4v) is 3.31. The number of hydrogen-bond donors (Lipinski definition) is 0. The summed E-state index contributed by atoms with van der Waals surface area (Å²) in [5, 5.41) is 8.04. The van der Waals surface area contributed by atoms with Crippen LogP contribution in [0.4, 0.5) is 0 Å². The van der Waals surface area contributed by atoms with Gasteiger partial charge in [-0.2, -0.15) is 11.8 Å². The molecule has 1 aliphatic carbocycles. The van der Waals surface area contributed by atoms with Crippen LogP contribution in [0.2, 0.25) is 0 Å². The molecule has 0 bridgehead atoms. The van der Waals surface area contributed by atoms with E-state index in [1.165, 1.54) is 24.8 Å². The van der Waals surface area contributed by atoms with Gasteiger partial charge in [-0.05, 0) is 36.0 Å². The van der Waals surface area contributed by atoms with Gasteiger partial charge in [0.1, 0.15) is 0 Å². The van der Waals surface area contributed by atoms with Crippen molar-refractivity contribution >= 4 is 11.8 Å². The molecule has 0 unspecified atom stereocenters. The van der Waals surface area contributed by atoms with Gasteiger partial charge in [0.2, 0.25) is 0 Å². The van der Waals surface area contributed by atoms with Crippen LogP contribution >= 0.6 is 11.8 Å². The molecule has 1 aliphatic rings. The Morgan fingerprint density at radius 3 is 2.94 bits per heavy atom. The molecule has 0 saturated carbocycles. The Morgan fingerprint density at radius 1 is 1.22 bits per heavy atom. The lowest BCUT2D eigenvalue weighted by molar-refractivity contribution is 0.714. The molecule has 4 heteroatoms. The Balaban J connectivity index is 1.57. The lowest BCUT2D eigenvalue weighted by Gasteiger charge is -2.04. The first-order valence-corrected chi connectivity index (χ1v) is 7.50. The zero-order chi connectivity index (χ0) is 12.4. The molecule has 0 amide bonds. The SMILES string of the molecule is Cn1cc(CSCc2ccc3c(c2)CCC3)nn1. The Labute approximate surface area is 112 Å². The van der Waals surface area contributed by atoms with E-state index < -0.39 is 0 Å². The number of hydrogen-bond acceptors (Lipinski definition) is 3. The first kappa shape index (κ1) is 11.8. The van der Waals surface area contributed by atoms with Crippen LogP contribution in [-0.2, 0) is 31.4 Å². The van der Waals surface area contributed by atoms with Crippen LogP contribution in [0.25, 0.3) is 0 Å². The van der Waals surface area contributed by atoms with Crippen molar-refractivity contribution in [2.24, 2.45) is 7.05 Å². The summed E-state index contributed by atoms with van der Waals surface area (Å²) in [7, 11) is 1.90. The number of aryl methyl sites for hydroxylation is 3. The van der Waals surface area contributed by atoms with E-state index in [4.69, 9.17) is 0 Å². The molecule has 3 rings (SSSR count). The fourth-order valence-electron chi connectivity index (χ4n) is 2.45. The summed E-state index contributed by atoms with van der Waals surface area (Å²) in [4.78, 5) is 0. The lowest BCUT2D eigenvalue weighted by atomic mass is 10.1. The number of benzene rings is 1. The van der Waals surface area contributed by atoms with E-state index in [-0.39, 0.29) is 0 Å². The van der Waals surface area contributed by atoms with Crippen molar-refractivity contribution in [3.63, 3.8) is 0 Å². The minimum atomic E-state index is 0.935. The molecule has 0 fully saturated rings. The highest BCUT2D eigenvalue weighted by Gasteiger charge is 2.10. The lowest BCUT2D eigenvalue weighted by Crippen LogP contribution is -1.88. The van der Waals surface area contributed by atoms with E-state index in [9.17, 15) is 0 Å². The van der Waals surface area contributed by atoms with Crippen molar-refractivity contribution in [3.8, 4) is 0 Å². The standard InChI is InChI=1S/C14H17N3S/c1-17-8-14(15-16-17)10-18-9-11-5-6-12-3-2-4-13(12)7-11/h5-8H,2-4,9-10H2,1H3. The zero-order valence-corrected chi connectivity index (χ0v) is 11.4. The van der Waals surface area contributed by atoms with Crippen molar-refractivity contribution < 1.29 is 0 Å². The van der Waals surface area contributed by atoms with Gasteiger partial charge in [0.15, 0.2) is 0 Å². The molecule has 1 aromatic carbocycles. The molecule has 18 heavy (non-hydrogen) atoms. The van der Waals surface area contributed by atoms with Gasteiger partial charge in [-0.1, -0.05) is 23.4 Å². The maximum Gasteiger partial charge on any atom is 0.0925 e. The average molecular weight is 259 g/mol. The summed E-state index contributed by atoms with van der Waals surface area (Å²) in [6, 6.07) is 6.96. The van der Waals surface area contributed by atoms with E-state index in [1.807, 2.05) is 25.0 Å². The highest BCUT2D eigenvalue weighted by molar-refractivity contribution is 7.97. The molecule has 1 aromatic heterocycles. The average Bonchev–Trinajstić information content (AvgIpc) is 2.97. The van der Waals surface area contributed by atoms with Crippen molar-refractivity contribution in [1.29, 1.82) is 0 Å². The first-order chi connectivity index (χ1) is 8.81. The van der Waals surface area contributed by atoms with Crippen LogP contribution in [0.15, 0.2) is 24.4 Å². The van der Waals surface area contributed by atoms with Crippen LogP contribution in [0.1, 0.15) is 28.8 Å². The molecule has 3 nitrogen and oxygen atoms in total. The van der Waals surface area contributed by atoms with Crippen molar-refractivity contribution in [3.05, 3.63) is 46.8 Å². The molecule has 1 heterocycles. The molecule has 0 spiro atoms. The summed E-state index contributed by atoms with van der Waals surface area (Å²) >= 11 is 1.90. The maximum absolute atomic E-state index is 4.10. The first-order valence-electron chi connectivity index (χ1n) is 6.35. The predicted molar refractivity (Wildman–Crippen MR) is 74.5 cm³/mol. The molecule has 0 N–H and O–H groups in total. The smallest absolute Gasteiger partial charge is 0.0925 e. The third-order valence-corrected chi connectivity index (χ3v) is 4.37. The number of aromatic nitrogens is 3. The molecule has 0 aliphatic heterocycles. The molecular weight excluding hydrogens is 242 g/mol. The summed E-state index contributed by atoms with van der Waals surface area (Å²) in [6.07, 6.45) is 5.83. The second-order valence-electron chi connectivity index (χ2n) is 4.83. The van der Waals surface area contributed by atoms with E-state index >= 15 is 0 Å². The van der Waals surface area contributed by atoms with Gasteiger partial charge in [0.25, 0.3) is 0 Å². The highest BCUT2D eigenvalue weighted by Crippen LogP contribution is 2.25. The number of nitrogens with zero attached hydrogens (tertiary/aromatic N) is 3. The van der Waals surface area contributed by atoms with Crippen LogP contribution in [-0.4, -0.2) is 15.0 Å². The van der Waals surface area contributed by atoms with Gasteiger partial charge in [-0.25, -0.2) is 0 Å². The van der Waals surface area contributed by atoms with E-state index in [2.05, 4.69) is 28.5 Å². The third-order valence-electron chi connectivity index (χ3n) is 3.33. The van der Waals surface area contributed by atoms with Gasteiger partial charge in [0.05, 0.1) is 5.69 Å². The van der Waals surface area contributed by atoms with Gasteiger partial charge in [-0.15, -0.1) is 5.10 Å². The highest BCUT2D eigenvalue weighted by atomic mass is 32.2. The largest absolute Gasteiger partial charge is 0.255 e. The van der Waals surface area contributed by atoms with Crippen LogP contribution in [0.5, 0.6) is 0 Å². The summed E-state index contributed by atoms with van der Waals surface area (Å²) in [5.41, 5.74) is 5.61. The van der Waals surface area contributed by atoms with E-state index in [0.717, 1.165) is 17.2 Å². The molecular formula is C14H17N3S. The molecule has 0 saturated heterocycles. The number of thioether (sulfide) groups is 1. The zero-order valence-electron chi connectivity index (χ0n) is 10.6. The van der Waals surface area contributed by atoms with Crippen LogP contribution < -0.4 is 0 Å². The topological polar surface area (TPSA) is 30.7 Å². The summed E-state index contributed by atoms with van der Waals surface area (Å²) in [6.45, 7) is 0. The quantitative estimate of drug-likeness (QED) is 0.846. The molecule has 94 valence electrons. The second kappa shape index (κ2) is 5.14. The monoisotopic (exact) mass is 259 g/mol. The van der Waals surface area contributed by atoms with Gasteiger partial charge in [0, 0.05) is 24.8 Å². The minimum absolute atomic E-state index is 0.935. The van der Waals surface area contributed by atoms with Crippen LogP contribution in [0, 0.1) is 0 Å². The Morgan fingerprint density at radius 2 is 2.11 bits per heavy atom. The molecule has 0 radical (unpaired) electrons. The Kier molecular flexibility index (Phi) is 3.37. The number of fused-ring (bicyclic) bond motifs is 1. The van der Waals surface area contributed by atoms with Crippen LogP contribution in [0.3, 0.4) is 0 Å². The van der Waals surface area contributed by atoms with Crippen molar-refractivity contribution in [1.82, 2.24) is 15.0 Å².